The maximum Gasteiger partial charge on any atom is 0.328 e. The largest absolute Gasteiger partial charge is 0.354 e. The van der Waals surface area contributed by atoms with Crippen molar-refractivity contribution in [2.45, 2.75) is 0 Å². The predicted molar refractivity (Wildman–Crippen MR) is 75.8 cm³/mol. The maximum absolute atomic E-state index is 11.8. The summed E-state index contributed by atoms with van der Waals surface area (Å²) in [6, 6.07) is 7.19. The van der Waals surface area contributed by atoms with Crippen molar-refractivity contribution in [3.05, 3.63) is 39.8 Å². The SMILES string of the molecule is CNC(=O)C(C#N)=Cc1ccc2c(c1)n(C)c(=O)n2C. The standard InChI is InChI=1S/C14H14N4O2/c1-16-13(19)10(8-15)6-9-4-5-11-12(7-9)18(3)14(20)17(11)2/h4-7H,1-3H3,(H,16,19). The van der Waals surface area contributed by atoms with Crippen molar-refractivity contribution < 1.29 is 4.79 Å². The number of amides is 1. The van der Waals surface area contributed by atoms with Crippen LogP contribution in [-0.4, -0.2) is 22.1 Å². The van der Waals surface area contributed by atoms with Crippen LogP contribution in [0.15, 0.2) is 28.6 Å². The molecule has 0 aliphatic heterocycles. The second-order valence-electron chi connectivity index (χ2n) is 4.40. The summed E-state index contributed by atoms with van der Waals surface area (Å²) in [5, 5.41) is 11.4. The molecule has 1 aromatic heterocycles. The number of nitrogens with one attached hydrogen (secondary N) is 1. The number of aryl methyl sites for hydroxylation is 2. The molecule has 2 rings (SSSR count). The second kappa shape index (κ2) is 5.05. The third-order valence-electron chi connectivity index (χ3n) is 3.20. The van der Waals surface area contributed by atoms with E-state index in [1.807, 2.05) is 6.07 Å². The third kappa shape index (κ3) is 2.10. The van der Waals surface area contributed by atoms with E-state index >= 15 is 0 Å². The summed E-state index contributed by atoms with van der Waals surface area (Å²) in [7, 11) is 4.85. The van der Waals surface area contributed by atoms with E-state index in [1.165, 1.54) is 17.7 Å². The van der Waals surface area contributed by atoms with Gasteiger partial charge in [-0.25, -0.2) is 4.79 Å². The molecule has 0 spiro atoms. The van der Waals surface area contributed by atoms with Gasteiger partial charge in [0.1, 0.15) is 11.6 Å². The van der Waals surface area contributed by atoms with Gasteiger partial charge in [0.15, 0.2) is 0 Å². The highest BCUT2D eigenvalue weighted by atomic mass is 16.2. The van der Waals surface area contributed by atoms with Crippen molar-refractivity contribution in [3.63, 3.8) is 0 Å². The van der Waals surface area contributed by atoms with Gasteiger partial charge in [-0.3, -0.25) is 13.9 Å². The Hall–Kier alpha value is -2.81. The number of carbonyl (C=O) groups excluding carboxylic acids is 1. The first kappa shape index (κ1) is 13.6. The fourth-order valence-corrected chi connectivity index (χ4v) is 2.06. The van der Waals surface area contributed by atoms with Crippen LogP contribution < -0.4 is 11.0 Å². The Morgan fingerprint density at radius 1 is 1.30 bits per heavy atom. The highest BCUT2D eigenvalue weighted by Crippen LogP contribution is 2.16. The van der Waals surface area contributed by atoms with E-state index in [1.54, 1.807) is 36.9 Å². The lowest BCUT2D eigenvalue weighted by Gasteiger charge is -2.00. The average Bonchev–Trinajstić information content (AvgIpc) is 2.68. The number of likely N-dealkylation sites (N-methyl/N-ethyl adjacent to an activating group) is 1. The summed E-state index contributed by atoms with van der Waals surface area (Å²) < 4.78 is 3.07. The topological polar surface area (TPSA) is 79.8 Å². The van der Waals surface area contributed by atoms with E-state index in [-0.39, 0.29) is 11.3 Å². The molecule has 0 saturated heterocycles. The van der Waals surface area contributed by atoms with Gasteiger partial charge in [-0.15, -0.1) is 0 Å². The molecule has 6 heteroatoms. The number of aromatic nitrogens is 2. The zero-order valence-corrected chi connectivity index (χ0v) is 11.5. The molecule has 0 fully saturated rings. The highest BCUT2D eigenvalue weighted by Gasteiger charge is 2.09. The van der Waals surface area contributed by atoms with E-state index in [0.29, 0.717) is 5.56 Å². The Balaban J connectivity index is 2.61. The van der Waals surface area contributed by atoms with Gasteiger partial charge in [0.05, 0.1) is 11.0 Å². The molecule has 20 heavy (non-hydrogen) atoms. The van der Waals surface area contributed by atoms with Gasteiger partial charge in [-0.2, -0.15) is 5.26 Å². The van der Waals surface area contributed by atoms with Crippen LogP contribution in [-0.2, 0) is 18.9 Å². The first-order chi connectivity index (χ1) is 9.49. The van der Waals surface area contributed by atoms with E-state index in [0.717, 1.165) is 11.0 Å². The number of fused-ring (bicyclic) bond motifs is 1. The van der Waals surface area contributed by atoms with Crippen LogP contribution in [0.5, 0.6) is 0 Å². The van der Waals surface area contributed by atoms with Crippen LogP contribution in [0.25, 0.3) is 17.1 Å². The van der Waals surface area contributed by atoms with Gasteiger partial charge < -0.3 is 5.32 Å². The van der Waals surface area contributed by atoms with Gasteiger partial charge in [0.25, 0.3) is 5.91 Å². The number of hydrogen-bond acceptors (Lipinski definition) is 3. The summed E-state index contributed by atoms with van der Waals surface area (Å²) in [6.07, 6.45) is 1.50. The Morgan fingerprint density at radius 2 is 1.95 bits per heavy atom. The Morgan fingerprint density at radius 3 is 2.55 bits per heavy atom. The second-order valence-corrected chi connectivity index (χ2v) is 4.40. The van der Waals surface area contributed by atoms with Crippen LogP contribution in [0.3, 0.4) is 0 Å². The molecule has 102 valence electrons. The van der Waals surface area contributed by atoms with Gasteiger partial charge in [0, 0.05) is 21.1 Å². The molecule has 0 bridgehead atoms. The molecule has 0 unspecified atom stereocenters. The lowest BCUT2D eigenvalue weighted by Crippen LogP contribution is -2.19. The summed E-state index contributed by atoms with van der Waals surface area (Å²) in [4.78, 5) is 23.3. The van der Waals surface area contributed by atoms with Crippen LogP contribution >= 0.6 is 0 Å². The van der Waals surface area contributed by atoms with Crippen molar-refractivity contribution in [3.8, 4) is 6.07 Å². The minimum absolute atomic E-state index is 0.0211. The molecule has 1 heterocycles. The number of imidazole rings is 1. The number of hydrogen-bond donors (Lipinski definition) is 1. The molecule has 0 radical (unpaired) electrons. The van der Waals surface area contributed by atoms with E-state index in [2.05, 4.69) is 5.32 Å². The molecule has 1 aromatic carbocycles. The molecule has 6 nitrogen and oxygen atoms in total. The van der Waals surface area contributed by atoms with Crippen LogP contribution in [0.4, 0.5) is 0 Å². The monoisotopic (exact) mass is 270 g/mol. The summed E-state index contributed by atoms with van der Waals surface area (Å²) in [5.74, 6) is -0.436. The zero-order valence-electron chi connectivity index (χ0n) is 11.5. The maximum atomic E-state index is 11.8. The first-order valence-electron chi connectivity index (χ1n) is 5.99. The zero-order chi connectivity index (χ0) is 14.9. The van der Waals surface area contributed by atoms with Crippen molar-refractivity contribution in [2.75, 3.05) is 7.05 Å². The highest BCUT2D eigenvalue weighted by molar-refractivity contribution is 6.01. The van der Waals surface area contributed by atoms with E-state index in [9.17, 15) is 9.59 Å². The van der Waals surface area contributed by atoms with Gasteiger partial charge >= 0.3 is 5.69 Å². The quantitative estimate of drug-likeness (QED) is 0.638. The Labute approximate surface area is 115 Å². The molecular weight excluding hydrogens is 256 g/mol. The van der Waals surface area contributed by atoms with Crippen LogP contribution in [0.2, 0.25) is 0 Å². The molecule has 1 N–H and O–H groups in total. The summed E-state index contributed by atoms with van der Waals surface area (Å²) >= 11 is 0. The predicted octanol–water partition coefficient (Wildman–Crippen LogP) is 0.530. The Kier molecular flexibility index (Phi) is 3.44. The first-order valence-corrected chi connectivity index (χ1v) is 5.99. The molecular formula is C14H14N4O2. The van der Waals surface area contributed by atoms with Crippen molar-refractivity contribution in [1.29, 1.82) is 5.26 Å². The molecule has 2 aromatic rings. The minimum Gasteiger partial charge on any atom is -0.354 e. The molecule has 0 aliphatic carbocycles. The lowest BCUT2D eigenvalue weighted by molar-refractivity contribution is -0.116. The smallest absolute Gasteiger partial charge is 0.328 e. The van der Waals surface area contributed by atoms with Gasteiger partial charge in [-0.05, 0) is 23.8 Å². The number of rotatable bonds is 2. The normalized spacial score (nSPS) is 11.4. The number of nitriles is 1. The van der Waals surface area contributed by atoms with Gasteiger partial charge in [0.2, 0.25) is 0 Å². The number of carbonyl (C=O) groups is 1. The lowest BCUT2D eigenvalue weighted by atomic mass is 10.1. The summed E-state index contributed by atoms with van der Waals surface area (Å²) in [6.45, 7) is 0. The number of nitrogens with zero attached hydrogens (tertiary/aromatic N) is 3. The average molecular weight is 270 g/mol. The minimum atomic E-state index is -0.436. The van der Waals surface area contributed by atoms with Crippen molar-refractivity contribution >= 4 is 23.0 Å². The molecule has 1 amide bonds. The van der Waals surface area contributed by atoms with Crippen LogP contribution in [0, 0.1) is 11.3 Å². The summed E-state index contributed by atoms with van der Waals surface area (Å²) in [5.41, 5.74) is 2.15. The van der Waals surface area contributed by atoms with E-state index < -0.39 is 5.91 Å². The fourth-order valence-electron chi connectivity index (χ4n) is 2.06. The fraction of sp³-hybridized carbons (Fsp3) is 0.214. The van der Waals surface area contributed by atoms with E-state index in [4.69, 9.17) is 5.26 Å². The van der Waals surface area contributed by atoms with Crippen LogP contribution in [0.1, 0.15) is 5.56 Å². The van der Waals surface area contributed by atoms with Crippen molar-refractivity contribution in [2.24, 2.45) is 14.1 Å². The molecule has 0 atom stereocenters. The van der Waals surface area contributed by atoms with Crippen molar-refractivity contribution in [1.82, 2.24) is 14.5 Å². The molecule has 0 aliphatic rings. The van der Waals surface area contributed by atoms with Gasteiger partial charge in [-0.1, -0.05) is 6.07 Å². The third-order valence-corrected chi connectivity index (χ3v) is 3.20. The Bertz CT molecular complexity index is 818. The molecule has 0 saturated carbocycles. The number of benzene rings is 1.